The summed E-state index contributed by atoms with van der Waals surface area (Å²) < 4.78 is 3.74. The van der Waals surface area contributed by atoms with E-state index in [2.05, 4.69) is 68.2 Å². The van der Waals surface area contributed by atoms with Gasteiger partial charge in [-0.1, -0.05) is 0 Å². The van der Waals surface area contributed by atoms with Gasteiger partial charge in [0.05, 0.1) is 0 Å². The number of aromatic nitrogens is 1. The maximum absolute atomic E-state index is 2.45. The molecule has 0 atom stereocenters. The fraction of sp³-hybridized carbons (Fsp3) is 0.214. The van der Waals surface area contributed by atoms with Crippen molar-refractivity contribution in [2.24, 2.45) is 0 Å². The van der Waals surface area contributed by atoms with Crippen molar-refractivity contribution in [2.75, 3.05) is 0 Å². The molecule has 1 aromatic carbocycles. The van der Waals surface area contributed by atoms with Gasteiger partial charge in [-0.3, -0.25) is 0 Å². The van der Waals surface area contributed by atoms with Crippen LogP contribution in [0.15, 0.2) is 54.9 Å². The van der Waals surface area contributed by atoms with Crippen molar-refractivity contribution in [2.45, 2.75) is 14.8 Å². The van der Waals surface area contributed by atoms with Crippen LogP contribution in [0.1, 0.15) is 0 Å². The van der Waals surface area contributed by atoms with Gasteiger partial charge in [0.25, 0.3) is 0 Å². The molecule has 16 heavy (non-hydrogen) atoms. The van der Waals surface area contributed by atoms with E-state index in [9.17, 15) is 0 Å². The Labute approximate surface area is 102 Å². The van der Waals surface area contributed by atoms with Crippen molar-refractivity contribution in [3.8, 4) is 5.69 Å². The number of hydrogen-bond donors (Lipinski definition) is 0. The monoisotopic (exact) mass is 320 g/mol. The van der Waals surface area contributed by atoms with Crippen molar-refractivity contribution < 1.29 is 4.57 Å². The number of pyridine rings is 1. The molecule has 0 saturated carbocycles. The second kappa shape index (κ2) is 4.58. The summed E-state index contributed by atoms with van der Waals surface area (Å²) >= 11 is -1.93. The van der Waals surface area contributed by atoms with Crippen LogP contribution in [0.2, 0.25) is 14.8 Å². The van der Waals surface area contributed by atoms with Crippen LogP contribution in [0.25, 0.3) is 5.69 Å². The Bertz CT molecular complexity index is 472. The zero-order valence-electron chi connectivity index (χ0n) is 10.1. The van der Waals surface area contributed by atoms with Gasteiger partial charge in [0.15, 0.2) is 0 Å². The van der Waals surface area contributed by atoms with E-state index in [1.54, 1.807) is 3.58 Å². The minimum atomic E-state index is -1.93. The first-order valence-corrected chi connectivity index (χ1v) is 15.6. The fourth-order valence-corrected chi connectivity index (χ4v) is 5.06. The minimum absolute atomic E-state index is 1.27. The standard InChI is InChI=1S/C11H9N.3CH3.Sn/c1-3-7-11(8-4-1)12-9-5-2-6-10-12;;;;/h1-3,5-10H;3*1H3;/q+1;;;;. The van der Waals surface area contributed by atoms with Crippen LogP contribution in [-0.4, -0.2) is 18.4 Å². The summed E-state index contributed by atoms with van der Waals surface area (Å²) in [5.41, 5.74) is 1.27. The summed E-state index contributed by atoms with van der Waals surface area (Å²) in [5, 5.41) is 0. The molecular formula is C14H18NSn+. The van der Waals surface area contributed by atoms with Crippen LogP contribution in [-0.2, 0) is 0 Å². The van der Waals surface area contributed by atoms with Crippen LogP contribution in [0, 0.1) is 0 Å². The molecule has 0 saturated heterocycles. The second-order valence-electron chi connectivity index (χ2n) is 5.08. The third kappa shape index (κ3) is 2.64. The molecule has 2 heteroatoms. The zero-order chi connectivity index (χ0) is 11.6. The van der Waals surface area contributed by atoms with Gasteiger partial charge in [-0.25, -0.2) is 0 Å². The van der Waals surface area contributed by atoms with Gasteiger partial charge >= 0.3 is 102 Å². The van der Waals surface area contributed by atoms with Gasteiger partial charge in [0.1, 0.15) is 0 Å². The fourth-order valence-electron chi connectivity index (χ4n) is 1.70. The SMILES string of the molecule is [CH3][Sn]([CH3])([CH3])[c]1cccc(-[n+]2ccccc2)c1. The van der Waals surface area contributed by atoms with E-state index in [-0.39, 0.29) is 0 Å². The molecule has 0 fully saturated rings. The summed E-state index contributed by atoms with van der Waals surface area (Å²) in [6.07, 6.45) is 4.19. The van der Waals surface area contributed by atoms with Crippen molar-refractivity contribution in [1.82, 2.24) is 0 Å². The van der Waals surface area contributed by atoms with E-state index in [0.717, 1.165) is 0 Å². The van der Waals surface area contributed by atoms with Gasteiger partial charge in [0, 0.05) is 0 Å². The van der Waals surface area contributed by atoms with E-state index < -0.39 is 18.4 Å². The molecule has 0 spiro atoms. The van der Waals surface area contributed by atoms with Crippen LogP contribution in [0.4, 0.5) is 0 Å². The maximum atomic E-state index is 2.45. The molecule has 0 amide bonds. The molecule has 1 heterocycles. The van der Waals surface area contributed by atoms with E-state index >= 15 is 0 Å². The molecule has 2 aromatic rings. The van der Waals surface area contributed by atoms with Crippen molar-refractivity contribution in [3.05, 3.63) is 54.9 Å². The van der Waals surface area contributed by atoms with Gasteiger partial charge < -0.3 is 0 Å². The van der Waals surface area contributed by atoms with E-state index in [0.29, 0.717) is 0 Å². The molecule has 0 radical (unpaired) electrons. The summed E-state index contributed by atoms with van der Waals surface area (Å²) in [6.45, 7) is 0. The van der Waals surface area contributed by atoms with Crippen molar-refractivity contribution >= 4 is 22.0 Å². The topological polar surface area (TPSA) is 3.88 Å². The van der Waals surface area contributed by atoms with Gasteiger partial charge in [-0.05, 0) is 0 Å². The Hall–Kier alpha value is -0.831. The van der Waals surface area contributed by atoms with E-state index in [4.69, 9.17) is 0 Å². The van der Waals surface area contributed by atoms with Crippen LogP contribution in [0.3, 0.4) is 0 Å². The summed E-state index contributed by atoms with van der Waals surface area (Å²) in [6, 6.07) is 15.1. The number of rotatable bonds is 2. The predicted molar refractivity (Wildman–Crippen MR) is 71.0 cm³/mol. The first-order valence-electron chi connectivity index (χ1n) is 5.64. The second-order valence-corrected chi connectivity index (χ2v) is 19.6. The first kappa shape index (κ1) is 11.6. The summed E-state index contributed by atoms with van der Waals surface area (Å²) in [4.78, 5) is 7.34. The Morgan fingerprint density at radius 2 is 1.56 bits per heavy atom. The number of benzene rings is 1. The molecule has 1 nitrogen and oxygen atoms in total. The van der Waals surface area contributed by atoms with E-state index in [1.807, 2.05) is 6.07 Å². The number of hydrogen-bond acceptors (Lipinski definition) is 0. The molecule has 82 valence electrons. The Morgan fingerprint density at radius 1 is 0.875 bits per heavy atom. The zero-order valence-corrected chi connectivity index (χ0v) is 13.0. The number of nitrogens with zero attached hydrogens (tertiary/aromatic N) is 1. The average Bonchev–Trinajstić information content (AvgIpc) is 2.29. The Kier molecular flexibility index (Phi) is 3.33. The van der Waals surface area contributed by atoms with Crippen LogP contribution >= 0.6 is 0 Å². The molecule has 0 aliphatic carbocycles. The van der Waals surface area contributed by atoms with Crippen molar-refractivity contribution in [1.29, 1.82) is 0 Å². The molecule has 0 aliphatic heterocycles. The molecule has 0 unspecified atom stereocenters. The van der Waals surface area contributed by atoms with Gasteiger partial charge in [0.2, 0.25) is 0 Å². The third-order valence-corrected chi connectivity index (χ3v) is 8.56. The first-order chi connectivity index (χ1) is 7.57. The Morgan fingerprint density at radius 3 is 2.19 bits per heavy atom. The molecule has 0 aliphatic rings. The normalized spacial score (nSPS) is 11.4. The molecule has 0 N–H and O–H groups in total. The van der Waals surface area contributed by atoms with Crippen LogP contribution in [0.5, 0.6) is 0 Å². The predicted octanol–water partition coefficient (Wildman–Crippen LogP) is 2.51. The third-order valence-electron chi connectivity index (χ3n) is 2.73. The Balaban J connectivity index is 2.45. The van der Waals surface area contributed by atoms with Crippen molar-refractivity contribution in [3.63, 3.8) is 0 Å². The quantitative estimate of drug-likeness (QED) is 0.592. The average molecular weight is 319 g/mol. The van der Waals surface area contributed by atoms with Gasteiger partial charge in [-0.2, -0.15) is 0 Å². The molecular weight excluding hydrogens is 301 g/mol. The molecule has 1 aromatic heterocycles. The molecule has 0 bridgehead atoms. The van der Waals surface area contributed by atoms with E-state index in [1.165, 1.54) is 5.69 Å². The summed E-state index contributed by atoms with van der Waals surface area (Å²) in [5.74, 6) is 0. The van der Waals surface area contributed by atoms with Gasteiger partial charge in [-0.15, -0.1) is 0 Å². The summed E-state index contributed by atoms with van der Waals surface area (Å²) in [7, 11) is 0. The molecule has 2 rings (SSSR count). The van der Waals surface area contributed by atoms with Crippen LogP contribution < -0.4 is 8.15 Å².